The first-order chi connectivity index (χ1) is 12.0. The Kier molecular flexibility index (Phi) is 5.26. The fourth-order valence-electron chi connectivity index (χ4n) is 2.47. The summed E-state index contributed by atoms with van der Waals surface area (Å²) in [5.74, 6) is -0.306. The number of hydrogen-bond acceptors (Lipinski definition) is 2. The molecule has 1 saturated heterocycles. The third-order valence-corrected chi connectivity index (χ3v) is 4.51. The van der Waals surface area contributed by atoms with Gasteiger partial charge >= 0.3 is 6.03 Å². The normalized spacial score (nSPS) is 14.0. The van der Waals surface area contributed by atoms with Crippen molar-refractivity contribution < 1.29 is 9.59 Å². The summed E-state index contributed by atoms with van der Waals surface area (Å²) in [7, 11) is 0. The molecule has 3 amide bonds. The zero-order valence-corrected chi connectivity index (χ0v) is 14.6. The van der Waals surface area contributed by atoms with Gasteiger partial charge in [-0.05, 0) is 35.9 Å². The van der Waals surface area contributed by atoms with Crippen molar-refractivity contribution in [2.75, 3.05) is 23.3 Å². The fraction of sp³-hybridized carbons (Fsp3) is 0.111. The van der Waals surface area contributed by atoms with Crippen LogP contribution >= 0.6 is 23.2 Å². The number of benzene rings is 2. The highest BCUT2D eigenvalue weighted by atomic mass is 35.5. The number of amides is 3. The van der Waals surface area contributed by atoms with Crippen molar-refractivity contribution in [1.82, 2.24) is 5.32 Å². The van der Waals surface area contributed by atoms with Crippen LogP contribution in [0.1, 0.15) is 5.56 Å². The molecule has 1 fully saturated rings. The highest BCUT2D eigenvalue weighted by molar-refractivity contribution is 6.42. The van der Waals surface area contributed by atoms with Gasteiger partial charge in [-0.25, -0.2) is 4.79 Å². The van der Waals surface area contributed by atoms with Crippen LogP contribution in [-0.2, 0) is 4.79 Å². The maximum Gasteiger partial charge on any atom is 0.321 e. The number of hydrogen-bond donors (Lipinski definition) is 2. The molecule has 7 heteroatoms. The predicted octanol–water partition coefficient (Wildman–Crippen LogP) is 4.17. The minimum atomic E-state index is -0.306. The molecular formula is C18H15Cl2N3O2. The molecule has 1 aliphatic heterocycles. The average Bonchev–Trinajstić information content (AvgIpc) is 3.02. The molecule has 0 unspecified atom stereocenters. The Hall–Kier alpha value is -2.50. The van der Waals surface area contributed by atoms with Crippen molar-refractivity contribution in [1.29, 1.82) is 0 Å². The Morgan fingerprint density at radius 1 is 1.20 bits per heavy atom. The van der Waals surface area contributed by atoms with Crippen LogP contribution in [0, 0.1) is 0 Å². The molecule has 1 heterocycles. The number of nitrogens with one attached hydrogen (secondary N) is 2. The largest absolute Gasteiger partial charge is 0.336 e. The SMILES string of the molecule is O=C(/C=C/c1cccc(Cl)c1Cl)Nc1cccc(N2CCNC2=O)c1. The van der Waals surface area contributed by atoms with E-state index in [4.69, 9.17) is 23.2 Å². The van der Waals surface area contributed by atoms with Gasteiger partial charge in [0.1, 0.15) is 0 Å². The van der Waals surface area contributed by atoms with Gasteiger partial charge in [0.05, 0.1) is 10.0 Å². The Balaban J connectivity index is 1.70. The maximum atomic E-state index is 12.1. The molecule has 25 heavy (non-hydrogen) atoms. The Bertz CT molecular complexity index is 852. The summed E-state index contributed by atoms with van der Waals surface area (Å²) in [4.78, 5) is 25.5. The van der Waals surface area contributed by atoms with E-state index in [2.05, 4.69) is 10.6 Å². The quantitative estimate of drug-likeness (QED) is 0.787. The van der Waals surface area contributed by atoms with E-state index in [1.54, 1.807) is 47.4 Å². The number of halogens is 2. The lowest BCUT2D eigenvalue weighted by Gasteiger charge is -2.15. The van der Waals surface area contributed by atoms with E-state index in [1.165, 1.54) is 6.08 Å². The number of anilines is 2. The summed E-state index contributed by atoms with van der Waals surface area (Å²) in [5, 5.41) is 6.34. The van der Waals surface area contributed by atoms with Crippen molar-refractivity contribution in [3.05, 3.63) is 64.1 Å². The van der Waals surface area contributed by atoms with Gasteiger partial charge in [-0.1, -0.05) is 41.4 Å². The third kappa shape index (κ3) is 4.13. The van der Waals surface area contributed by atoms with Gasteiger partial charge in [-0.2, -0.15) is 0 Å². The van der Waals surface area contributed by atoms with E-state index in [0.29, 0.717) is 34.4 Å². The summed E-state index contributed by atoms with van der Waals surface area (Å²) in [5.41, 5.74) is 1.99. The van der Waals surface area contributed by atoms with Crippen LogP contribution in [0.4, 0.5) is 16.2 Å². The van der Waals surface area contributed by atoms with E-state index in [1.807, 2.05) is 6.07 Å². The predicted molar refractivity (Wildman–Crippen MR) is 101 cm³/mol. The topological polar surface area (TPSA) is 61.4 Å². The zero-order chi connectivity index (χ0) is 17.8. The van der Waals surface area contributed by atoms with Crippen molar-refractivity contribution in [3.8, 4) is 0 Å². The number of carbonyl (C=O) groups is 2. The Morgan fingerprint density at radius 3 is 2.76 bits per heavy atom. The van der Waals surface area contributed by atoms with Crippen LogP contribution in [0.15, 0.2) is 48.5 Å². The minimum Gasteiger partial charge on any atom is -0.336 e. The molecule has 3 rings (SSSR count). The van der Waals surface area contributed by atoms with Crippen LogP contribution in [0.5, 0.6) is 0 Å². The molecule has 0 aliphatic carbocycles. The number of carbonyl (C=O) groups excluding carboxylic acids is 2. The zero-order valence-electron chi connectivity index (χ0n) is 13.1. The average molecular weight is 376 g/mol. The molecule has 0 bridgehead atoms. The van der Waals surface area contributed by atoms with E-state index < -0.39 is 0 Å². The summed E-state index contributed by atoms with van der Waals surface area (Å²) >= 11 is 12.0. The molecule has 2 N–H and O–H groups in total. The Morgan fingerprint density at radius 2 is 2.00 bits per heavy atom. The van der Waals surface area contributed by atoms with Crippen LogP contribution in [-0.4, -0.2) is 25.0 Å². The molecule has 2 aromatic carbocycles. The third-order valence-electron chi connectivity index (χ3n) is 3.68. The van der Waals surface area contributed by atoms with Crippen LogP contribution in [0.3, 0.4) is 0 Å². The van der Waals surface area contributed by atoms with E-state index >= 15 is 0 Å². The highest BCUT2D eigenvalue weighted by Gasteiger charge is 2.21. The van der Waals surface area contributed by atoms with Crippen LogP contribution in [0.2, 0.25) is 10.0 Å². The lowest BCUT2D eigenvalue weighted by molar-refractivity contribution is -0.111. The number of urea groups is 1. The highest BCUT2D eigenvalue weighted by Crippen LogP contribution is 2.26. The number of nitrogens with zero attached hydrogens (tertiary/aromatic N) is 1. The molecule has 0 spiro atoms. The first kappa shape index (κ1) is 17.3. The van der Waals surface area contributed by atoms with E-state index in [9.17, 15) is 9.59 Å². The molecule has 0 saturated carbocycles. The standard InChI is InChI=1S/C18H15Cl2N3O2/c19-15-6-1-3-12(17(15)20)7-8-16(24)22-13-4-2-5-14(11-13)23-10-9-21-18(23)25/h1-8,11H,9-10H2,(H,21,25)(H,22,24)/b8-7+. The second kappa shape index (κ2) is 7.59. The van der Waals surface area contributed by atoms with Crippen molar-refractivity contribution in [2.24, 2.45) is 0 Å². The fourth-order valence-corrected chi connectivity index (χ4v) is 2.84. The minimum absolute atomic E-state index is 0.140. The molecule has 0 radical (unpaired) electrons. The lowest BCUT2D eigenvalue weighted by atomic mass is 10.2. The molecule has 0 aromatic heterocycles. The summed E-state index contributed by atoms with van der Waals surface area (Å²) in [6, 6.07) is 12.2. The summed E-state index contributed by atoms with van der Waals surface area (Å²) < 4.78 is 0. The monoisotopic (exact) mass is 375 g/mol. The first-order valence-corrected chi connectivity index (χ1v) is 8.39. The van der Waals surface area contributed by atoms with Crippen molar-refractivity contribution in [2.45, 2.75) is 0 Å². The van der Waals surface area contributed by atoms with Gasteiger partial charge in [0.25, 0.3) is 0 Å². The molecule has 5 nitrogen and oxygen atoms in total. The van der Waals surface area contributed by atoms with Gasteiger partial charge in [-0.3, -0.25) is 9.69 Å². The van der Waals surface area contributed by atoms with Crippen molar-refractivity contribution in [3.63, 3.8) is 0 Å². The lowest BCUT2D eigenvalue weighted by Crippen LogP contribution is -2.27. The molecular weight excluding hydrogens is 361 g/mol. The van der Waals surface area contributed by atoms with Gasteiger partial charge in [0.15, 0.2) is 0 Å². The smallest absolute Gasteiger partial charge is 0.321 e. The van der Waals surface area contributed by atoms with Crippen LogP contribution < -0.4 is 15.5 Å². The summed E-state index contributed by atoms with van der Waals surface area (Å²) in [6.07, 6.45) is 2.98. The van der Waals surface area contributed by atoms with Gasteiger partial charge in [0.2, 0.25) is 5.91 Å². The van der Waals surface area contributed by atoms with E-state index in [0.717, 1.165) is 5.69 Å². The molecule has 2 aromatic rings. The van der Waals surface area contributed by atoms with E-state index in [-0.39, 0.29) is 11.9 Å². The molecule has 0 atom stereocenters. The maximum absolute atomic E-state index is 12.1. The second-order valence-electron chi connectivity index (χ2n) is 5.40. The first-order valence-electron chi connectivity index (χ1n) is 7.63. The second-order valence-corrected chi connectivity index (χ2v) is 6.18. The Labute approximate surface area is 155 Å². The molecule has 1 aliphatic rings. The summed E-state index contributed by atoms with van der Waals surface area (Å²) in [6.45, 7) is 1.21. The number of rotatable bonds is 4. The van der Waals surface area contributed by atoms with Crippen LogP contribution in [0.25, 0.3) is 6.08 Å². The van der Waals surface area contributed by atoms with Gasteiger partial charge in [0, 0.05) is 30.5 Å². The van der Waals surface area contributed by atoms with Gasteiger partial charge in [-0.15, -0.1) is 0 Å². The van der Waals surface area contributed by atoms with Crippen molar-refractivity contribution >= 4 is 52.6 Å². The molecule has 128 valence electrons. The van der Waals surface area contributed by atoms with Gasteiger partial charge < -0.3 is 10.6 Å².